The summed E-state index contributed by atoms with van der Waals surface area (Å²) in [4.78, 5) is 31.8. The lowest BCUT2D eigenvalue weighted by molar-refractivity contribution is -0.274. The number of rotatable bonds is 7. The van der Waals surface area contributed by atoms with E-state index < -0.39 is 33.6 Å². The Labute approximate surface area is 253 Å². The van der Waals surface area contributed by atoms with Crippen LogP contribution >= 0.6 is 0 Å². The molecule has 0 bridgehead atoms. The molecule has 0 aromatic heterocycles. The van der Waals surface area contributed by atoms with Gasteiger partial charge >= 0.3 is 6.36 Å². The molecule has 44 heavy (non-hydrogen) atoms. The molecule has 2 N–H and O–H groups in total. The molecule has 1 spiro atoms. The fourth-order valence-corrected chi connectivity index (χ4v) is 7.23. The zero-order valence-corrected chi connectivity index (χ0v) is 25.2. The molecular weight excluding hydrogens is 601 g/mol. The van der Waals surface area contributed by atoms with E-state index in [0.717, 1.165) is 28.7 Å². The number of carbonyl (C=O) groups excluding carboxylic acids is 2. The van der Waals surface area contributed by atoms with Crippen LogP contribution in [0.25, 0.3) is 6.08 Å². The topological polar surface area (TPSA) is 129 Å². The van der Waals surface area contributed by atoms with E-state index >= 15 is 0 Å². The Morgan fingerprint density at radius 3 is 2.41 bits per heavy atom. The molecular formula is C30H33F3N4O6S. The summed E-state index contributed by atoms with van der Waals surface area (Å²) in [5.74, 6) is -1.05. The summed E-state index contributed by atoms with van der Waals surface area (Å²) in [6.45, 7) is 5.36. The minimum Gasteiger partial charge on any atom is -0.406 e. The number of ether oxygens (including phenoxy) is 1. The number of aliphatic imine (C=N–C) groups is 1. The third-order valence-electron chi connectivity index (χ3n) is 8.35. The smallest absolute Gasteiger partial charge is 0.406 e. The number of anilines is 1. The standard InChI is InChI=1S/C30H33F3N4O6S/c1-18-13-22(37-23(17-38)15-20(3)27(37)39)14-19(2)25(18)7-12-44(41,42)36-10-8-29(9-11-36)28(40)34-26(35-29)21-5-4-6-24(16-21)43-30(31,32)33/h4-7,12-14,16,20,23,38H,8-11,15,17H2,1-3H3,(H,34,35,40)/t20?,23-/m1/s1. The lowest BCUT2D eigenvalue weighted by Crippen LogP contribution is -2.50. The van der Waals surface area contributed by atoms with Gasteiger partial charge in [-0.3, -0.25) is 14.6 Å². The van der Waals surface area contributed by atoms with E-state index in [4.69, 9.17) is 0 Å². The van der Waals surface area contributed by atoms with Gasteiger partial charge in [0.1, 0.15) is 17.1 Å². The maximum atomic E-state index is 13.3. The predicted molar refractivity (Wildman–Crippen MR) is 157 cm³/mol. The number of hydrogen-bond acceptors (Lipinski definition) is 7. The van der Waals surface area contributed by atoms with Crippen LogP contribution in [0.5, 0.6) is 5.75 Å². The molecule has 2 amide bonds. The number of sulfonamides is 1. The number of piperidine rings is 1. The van der Waals surface area contributed by atoms with Gasteiger partial charge in [0.15, 0.2) is 0 Å². The number of benzene rings is 2. The van der Waals surface area contributed by atoms with Gasteiger partial charge in [-0.1, -0.05) is 19.1 Å². The Balaban J connectivity index is 1.29. The quantitative estimate of drug-likeness (QED) is 0.479. The molecule has 2 atom stereocenters. The van der Waals surface area contributed by atoms with Crippen molar-refractivity contribution in [3.05, 3.63) is 64.1 Å². The molecule has 2 aromatic carbocycles. The van der Waals surface area contributed by atoms with E-state index in [0.29, 0.717) is 17.7 Å². The summed E-state index contributed by atoms with van der Waals surface area (Å²) in [6.07, 6.45) is -2.61. The van der Waals surface area contributed by atoms with E-state index in [2.05, 4.69) is 15.0 Å². The number of alkyl halides is 3. The van der Waals surface area contributed by atoms with Crippen LogP contribution < -0.4 is 15.0 Å². The molecule has 3 aliphatic heterocycles. The normalized spacial score (nSPS) is 22.6. The Morgan fingerprint density at radius 1 is 1.14 bits per heavy atom. The molecule has 5 rings (SSSR count). The number of halogens is 3. The first-order valence-electron chi connectivity index (χ1n) is 14.1. The summed E-state index contributed by atoms with van der Waals surface area (Å²) < 4.78 is 69.7. The average molecular weight is 635 g/mol. The number of aryl methyl sites for hydroxylation is 2. The van der Waals surface area contributed by atoms with Crippen molar-refractivity contribution < 1.29 is 41.0 Å². The van der Waals surface area contributed by atoms with Crippen molar-refractivity contribution in [1.29, 1.82) is 0 Å². The Bertz CT molecular complexity index is 1620. The maximum absolute atomic E-state index is 13.3. The third kappa shape index (κ3) is 6.24. The maximum Gasteiger partial charge on any atom is 0.573 e. The van der Waals surface area contributed by atoms with E-state index in [1.165, 1.54) is 22.5 Å². The van der Waals surface area contributed by atoms with Gasteiger partial charge in [0.2, 0.25) is 15.9 Å². The summed E-state index contributed by atoms with van der Waals surface area (Å²) >= 11 is 0. The van der Waals surface area contributed by atoms with E-state index in [-0.39, 0.29) is 61.8 Å². The molecule has 0 saturated carbocycles. The summed E-state index contributed by atoms with van der Waals surface area (Å²) in [5, 5.41) is 13.5. The summed E-state index contributed by atoms with van der Waals surface area (Å²) in [7, 11) is -3.87. The van der Waals surface area contributed by atoms with Crippen LogP contribution in [-0.2, 0) is 19.6 Å². The zero-order valence-electron chi connectivity index (χ0n) is 24.4. The first kappa shape index (κ1) is 31.7. The van der Waals surface area contributed by atoms with Crippen LogP contribution in [-0.4, -0.2) is 73.1 Å². The highest BCUT2D eigenvalue weighted by molar-refractivity contribution is 7.92. The van der Waals surface area contributed by atoms with Gasteiger partial charge in [0, 0.05) is 35.7 Å². The largest absolute Gasteiger partial charge is 0.573 e. The van der Waals surface area contributed by atoms with Gasteiger partial charge in [-0.15, -0.1) is 13.2 Å². The van der Waals surface area contributed by atoms with Gasteiger partial charge in [-0.25, -0.2) is 8.42 Å². The highest BCUT2D eigenvalue weighted by atomic mass is 32.2. The summed E-state index contributed by atoms with van der Waals surface area (Å²) in [6, 6.07) is 8.42. The number of carbonyl (C=O) groups is 2. The number of amidine groups is 1. The van der Waals surface area contributed by atoms with Gasteiger partial charge in [0.25, 0.3) is 5.91 Å². The van der Waals surface area contributed by atoms with Crippen LogP contribution in [0.3, 0.4) is 0 Å². The number of aliphatic hydroxyl groups is 1. The molecule has 236 valence electrons. The van der Waals surface area contributed by atoms with Crippen molar-refractivity contribution in [1.82, 2.24) is 9.62 Å². The SMILES string of the molecule is Cc1cc(N2C(=O)C(C)C[C@@H]2CO)cc(C)c1C=CS(=O)(=O)N1CCC2(CC1)N=C(c1cccc(OC(F)(F)F)c1)NC2=O. The number of nitrogens with zero attached hydrogens (tertiary/aromatic N) is 3. The van der Waals surface area contributed by atoms with Crippen LogP contribution in [0.1, 0.15) is 48.4 Å². The van der Waals surface area contributed by atoms with Crippen LogP contribution in [0, 0.1) is 19.8 Å². The third-order valence-corrected chi connectivity index (χ3v) is 9.92. The van der Waals surface area contributed by atoms with Crippen LogP contribution in [0.15, 0.2) is 46.8 Å². The number of aliphatic hydroxyl groups excluding tert-OH is 1. The Morgan fingerprint density at radius 2 is 1.80 bits per heavy atom. The number of nitrogens with one attached hydrogen (secondary N) is 1. The molecule has 2 fully saturated rings. The lowest BCUT2D eigenvalue weighted by atomic mass is 9.89. The molecule has 1 unspecified atom stereocenters. The molecule has 2 saturated heterocycles. The zero-order chi connectivity index (χ0) is 32.0. The van der Waals surface area contributed by atoms with Crippen molar-refractivity contribution in [2.75, 3.05) is 24.6 Å². The van der Waals surface area contributed by atoms with Crippen LogP contribution in [0.4, 0.5) is 18.9 Å². The first-order valence-corrected chi connectivity index (χ1v) is 15.6. The second-order valence-corrected chi connectivity index (χ2v) is 13.3. The van der Waals surface area contributed by atoms with E-state index in [9.17, 15) is 36.3 Å². The van der Waals surface area contributed by atoms with Gasteiger partial charge in [0.05, 0.1) is 12.6 Å². The van der Waals surface area contributed by atoms with Crippen molar-refractivity contribution in [3.63, 3.8) is 0 Å². The molecule has 0 radical (unpaired) electrons. The van der Waals surface area contributed by atoms with Crippen LogP contribution in [0.2, 0.25) is 0 Å². The predicted octanol–water partition coefficient (Wildman–Crippen LogP) is 3.65. The Hall–Kier alpha value is -3.75. The second kappa shape index (κ2) is 11.6. The van der Waals surface area contributed by atoms with Crippen molar-refractivity contribution in [2.45, 2.75) is 58.0 Å². The highest BCUT2D eigenvalue weighted by Crippen LogP contribution is 2.35. The number of amides is 2. The average Bonchev–Trinajstić information content (AvgIpc) is 3.42. The molecule has 3 aliphatic rings. The molecule has 3 heterocycles. The monoisotopic (exact) mass is 634 g/mol. The molecule has 14 heteroatoms. The van der Waals surface area contributed by atoms with Crippen molar-refractivity contribution in [2.24, 2.45) is 10.9 Å². The molecule has 2 aromatic rings. The molecule has 10 nitrogen and oxygen atoms in total. The molecule has 0 aliphatic carbocycles. The van der Waals surface area contributed by atoms with Crippen molar-refractivity contribution >= 4 is 39.4 Å². The van der Waals surface area contributed by atoms with E-state index in [1.807, 2.05) is 32.9 Å². The lowest BCUT2D eigenvalue weighted by Gasteiger charge is -2.34. The number of hydrogen-bond donors (Lipinski definition) is 2. The fourth-order valence-electron chi connectivity index (χ4n) is 6.06. The van der Waals surface area contributed by atoms with E-state index in [1.54, 1.807) is 4.90 Å². The van der Waals surface area contributed by atoms with Crippen molar-refractivity contribution in [3.8, 4) is 5.75 Å². The fraction of sp³-hybridized carbons (Fsp3) is 0.433. The first-order chi connectivity index (χ1) is 20.6. The van der Waals surface area contributed by atoms with Gasteiger partial charge in [-0.2, -0.15) is 4.31 Å². The second-order valence-electron chi connectivity index (χ2n) is 11.4. The van der Waals surface area contributed by atoms with Gasteiger partial charge in [-0.05, 0) is 80.1 Å². The van der Waals surface area contributed by atoms with Gasteiger partial charge < -0.3 is 20.1 Å². The minimum absolute atomic E-state index is 0.0167. The minimum atomic E-state index is -4.87. The summed E-state index contributed by atoms with van der Waals surface area (Å²) in [5.41, 5.74) is 1.88. The highest BCUT2D eigenvalue weighted by Gasteiger charge is 2.47. The Kier molecular flexibility index (Phi) is 8.37.